The van der Waals surface area contributed by atoms with Crippen LogP contribution in [0.1, 0.15) is 31.2 Å². The first-order valence-corrected chi connectivity index (χ1v) is 10.1. The summed E-state index contributed by atoms with van der Waals surface area (Å²) >= 11 is 5.94. The quantitative estimate of drug-likeness (QED) is 0.414. The van der Waals surface area contributed by atoms with Gasteiger partial charge < -0.3 is 9.69 Å². The molecule has 0 saturated heterocycles. The van der Waals surface area contributed by atoms with E-state index in [1.54, 1.807) is 11.6 Å². The van der Waals surface area contributed by atoms with Crippen molar-refractivity contribution in [2.75, 3.05) is 13.6 Å². The molecule has 0 spiro atoms. The van der Waals surface area contributed by atoms with Crippen molar-refractivity contribution in [2.24, 2.45) is 17.3 Å². The smallest absolute Gasteiger partial charge is 0.274 e. The van der Waals surface area contributed by atoms with Gasteiger partial charge in [0.1, 0.15) is 6.29 Å². The summed E-state index contributed by atoms with van der Waals surface area (Å²) in [4.78, 5) is 25.9. The minimum atomic E-state index is -0.481. The van der Waals surface area contributed by atoms with E-state index in [-0.39, 0.29) is 17.3 Å². The monoisotopic (exact) mass is 402 g/mol. The summed E-state index contributed by atoms with van der Waals surface area (Å²) in [7, 11) is 2.07. The Hall–Kier alpha value is -1.95. The number of amides is 1. The van der Waals surface area contributed by atoms with Gasteiger partial charge in [-0.15, -0.1) is 0 Å². The molecule has 1 saturated carbocycles. The number of fused-ring (bicyclic) bond motifs is 1. The highest BCUT2D eigenvalue weighted by molar-refractivity contribution is 6.30. The van der Waals surface area contributed by atoms with Gasteiger partial charge in [0.15, 0.2) is 0 Å². The van der Waals surface area contributed by atoms with Crippen LogP contribution in [0.4, 0.5) is 0 Å². The number of carbonyl (C=O) groups is 2. The summed E-state index contributed by atoms with van der Waals surface area (Å²) in [5, 5.41) is 9.55. The number of hydrogen-bond acceptors (Lipinski definition) is 4. The first kappa shape index (κ1) is 20.8. The first-order chi connectivity index (χ1) is 13.4. The van der Waals surface area contributed by atoms with E-state index in [9.17, 15) is 9.59 Å². The number of hydroxylamine groups is 1. The fraction of sp³-hybridized carbons (Fsp3) is 0.455. The van der Waals surface area contributed by atoms with Crippen molar-refractivity contribution in [1.82, 2.24) is 10.4 Å². The number of hydrogen-bond donors (Lipinski definition) is 2. The maximum atomic E-state index is 12.0. The summed E-state index contributed by atoms with van der Waals surface area (Å²) in [5.74, 6) is 0.0266. The Morgan fingerprint density at radius 2 is 2.11 bits per heavy atom. The largest absolute Gasteiger partial charge is 0.303 e. The van der Waals surface area contributed by atoms with E-state index in [0.29, 0.717) is 5.57 Å². The molecule has 1 aromatic rings. The number of nitrogens with zero attached hydrogens (tertiary/aromatic N) is 1. The van der Waals surface area contributed by atoms with Crippen LogP contribution in [0.25, 0.3) is 0 Å². The van der Waals surface area contributed by atoms with Crippen LogP contribution >= 0.6 is 11.6 Å². The third-order valence-electron chi connectivity index (χ3n) is 6.06. The third kappa shape index (κ3) is 4.90. The van der Waals surface area contributed by atoms with Gasteiger partial charge >= 0.3 is 0 Å². The van der Waals surface area contributed by atoms with Crippen molar-refractivity contribution in [1.29, 1.82) is 0 Å². The second-order valence-electron chi connectivity index (χ2n) is 8.09. The number of halogens is 1. The zero-order valence-corrected chi connectivity index (χ0v) is 16.9. The topological polar surface area (TPSA) is 69.6 Å². The van der Waals surface area contributed by atoms with Crippen LogP contribution in [-0.2, 0) is 16.1 Å². The fourth-order valence-corrected chi connectivity index (χ4v) is 4.45. The van der Waals surface area contributed by atoms with Gasteiger partial charge in [-0.1, -0.05) is 42.0 Å². The Labute approximate surface area is 171 Å². The van der Waals surface area contributed by atoms with Crippen LogP contribution in [0, 0.1) is 17.3 Å². The average Bonchev–Trinajstić information content (AvgIpc) is 2.73. The van der Waals surface area contributed by atoms with Gasteiger partial charge in [0.2, 0.25) is 0 Å². The normalized spacial score (nSPS) is 26.5. The van der Waals surface area contributed by atoms with Crippen LogP contribution in [0.3, 0.4) is 0 Å². The number of benzene rings is 1. The Bertz CT molecular complexity index is 774. The minimum Gasteiger partial charge on any atom is -0.303 e. The number of carbonyl (C=O) groups excluding carboxylic acids is 2. The maximum Gasteiger partial charge on any atom is 0.274 e. The minimum absolute atomic E-state index is 0.247. The molecular formula is C22H27ClN2O3. The average molecular weight is 403 g/mol. The lowest BCUT2D eigenvalue weighted by Gasteiger charge is -2.41. The number of allylic oxidation sites excluding steroid dienone is 2. The van der Waals surface area contributed by atoms with Crippen molar-refractivity contribution >= 4 is 23.8 Å². The van der Waals surface area contributed by atoms with E-state index in [2.05, 4.69) is 11.9 Å². The predicted molar refractivity (Wildman–Crippen MR) is 109 cm³/mol. The summed E-state index contributed by atoms with van der Waals surface area (Å²) in [6.07, 6.45) is 10.2. The lowest BCUT2D eigenvalue weighted by Crippen LogP contribution is -2.38. The Balaban J connectivity index is 1.57. The SMILES string of the molecule is CN(CC[C@@]1(C=O)CCC2C=C(C(=O)NO)C=CC2C1)Cc1ccc(Cl)cc1. The van der Waals surface area contributed by atoms with E-state index in [4.69, 9.17) is 16.8 Å². The summed E-state index contributed by atoms with van der Waals surface area (Å²) in [6.45, 7) is 1.66. The van der Waals surface area contributed by atoms with E-state index in [1.165, 1.54) is 5.56 Å². The molecule has 1 aromatic carbocycles. The molecule has 5 nitrogen and oxygen atoms in total. The molecule has 1 fully saturated rings. The highest BCUT2D eigenvalue weighted by Gasteiger charge is 2.40. The van der Waals surface area contributed by atoms with Crippen LogP contribution < -0.4 is 5.48 Å². The van der Waals surface area contributed by atoms with Crippen molar-refractivity contribution in [3.63, 3.8) is 0 Å². The van der Waals surface area contributed by atoms with Crippen molar-refractivity contribution in [3.8, 4) is 0 Å². The molecule has 2 aliphatic rings. The van der Waals surface area contributed by atoms with E-state index < -0.39 is 5.91 Å². The second kappa shape index (κ2) is 9.03. The molecule has 2 aliphatic carbocycles. The van der Waals surface area contributed by atoms with Gasteiger partial charge in [-0.05, 0) is 68.8 Å². The summed E-state index contributed by atoms with van der Waals surface area (Å²) in [5.41, 5.74) is 3.06. The predicted octanol–water partition coefficient (Wildman–Crippen LogP) is 3.77. The molecule has 2 N–H and O–H groups in total. The summed E-state index contributed by atoms with van der Waals surface area (Å²) < 4.78 is 0. The molecule has 0 radical (unpaired) electrons. The van der Waals surface area contributed by atoms with E-state index in [1.807, 2.05) is 36.4 Å². The second-order valence-corrected chi connectivity index (χ2v) is 8.52. The number of rotatable bonds is 7. The van der Waals surface area contributed by atoms with Gasteiger partial charge in [0.05, 0.1) is 0 Å². The van der Waals surface area contributed by atoms with Gasteiger partial charge in [0.25, 0.3) is 5.91 Å². The van der Waals surface area contributed by atoms with Crippen molar-refractivity contribution in [2.45, 2.75) is 32.2 Å². The molecule has 6 heteroatoms. The molecule has 1 amide bonds. The fourth-order valence-electron chi connectivity index (χ4n) is 4.33. The molecule has 3 rings (SSSR count). The maximum absolute atomic E-state index is 12.0. The summed E-state index contributed by atoms with van der Waals surface area (Å²) in [6, 6.07) is 7.85. The molecule has 0 heterocycles. The van der Waals surface area contributed by atoms with Crippen LogP contribution in [0.15, 0.2) is 48.1 Å². The number of nitrogens with one attached hydrogen (secondary N) is 1. The third-order valence-corrected chi connectivity index (χ3v) is 6.31. The van der Waals surface area contributed by atoms with Crippen molar-refractivity contribution in [3.05, 3.63) is 58.7 Å². The molecular weight excluding hydrogens is 376 g/mol. The highest BCUT2D eigenvalue weighted by atomic mass is 35.5. The van der Waals surface area contributed by atoms with Gasteiger partial charge in [-0.25, -0.2) is 5.48 Å². The van der Waals surface area contributed by atoms with Gasteiger partial charge in [-0.3, -0.25) is 10.0 Å². The Morgan fingerprint density at radius 3 is 2.79 bits per heavy atom. The Morgan fingerprint density at radius 1 is 1.36 bits per heavy atom. The van der Waals surface area contributed by atoms with Crippen LogP contribution in [-0.4, -0.2) is 35.9 Å². The van der Waals surface area contributed by atoms with Crippen LogP contribution in [0.5, 0.6) is 0 Å². The zero-order chi connectivity index (χ0) is 20.1. The lowest BCUT2D eigenvalue weighted by molar-refractivity contribution is -0.125. The van der Waals surface area contributed by atoms with Crippen molar-refractivity contribution < 1.29 is 14.8 Å². The molecule has 3 atom stereocenters. The van der Waals surface area contributed by atoms with Gasteiger partial charge in [0, 0.05) is 22.6 Å². The zero-order valence-electron chi connectivity index (χ0n) is 16.1. The number of aldehydes is 1. The molecule has 0 aliphatic heterocycles. The molecule has 28 heavy (non-hydrogen) atoms. The van der Waals surface area contributed by atoms with Gasteiger partial charge in [-0.2, -0.15) is 0 Å². The molecule has 0 aromatic heterocycles. The molecule has 150 valence electrons. The Kier molecular flexibility index (Phi) is 6.70. The van der Waals surface area contributed by atoms with E-state index >= 15 is 0 Å². The first-order valence-electron chi connectivity index (χ1n) is 9.68. The molecule has 0 bridgehead atoms. The van der Waals surface area contributed by atoms with Crippen LogP contribution in [0.2, 0.25) is 5.02 Å². The lowest BCUT2D eigenvalue weighted by atomic mass is 9.63. The standard InChI is InChI=1S/C22H27ClN2O3/c1-25(14-16-2-6-20(23)7-3-16)11-10-22(15-26)9-8-17-12-18(21(27)24-28)4-5-19(17)13-22/h2-7,12,15,17,19,28H,8-11,13-14H2,1H3,(H,24,27)/t17?,19?,22-/m0/s1. The molecule has 2 unspecified atom stereocenters. The highest BCUT2D eigenvalue weighted by Crippen LogP contribution is 2.46. The van der Waals surface area contributed by atoms with E-state index in [0.717, 1.165) is 50.1 Å².